The zero-order valence-electron chi connectivity index (χ0n) is 23.8. The molecule has 0 N–H and O–H groups in total. The van der Waals surface area contributed by atoms with E-state index in [0.29, 0.717) is 11.1 Å². The molecule has 46 heavy (non-hydrogen) atoms. The van der Waals surface area contributed by atoms with Gasteiger partial charge in [0.1, 0.15) is 0 Å². The molecule has 0 spiro atoms. The van der Waals surface area contributed by atoms with Crippen LogP contribution in [0.2, 0.25) is 0 Å². The van der Waals surface area contributed by atoms with Crippen molar-refractivity contribution in [2.45, 2.75) is 12.4 Å². The number of hydrogen-bond acceptors (Lipinski definition) is 0. The maximum atomic E-state index is 12.8. The standard InChI is InChI=1S/C40H20F6/c41-39(42,43)37-13-7-25(8-14-37)1-3-27-5-11-29-19-33-24-36-22-32-18-28(4-2-26-9-15-38(16-10-26)40(44,45)46)6-12-30(32)20-34(36)23-35(33)21-31(29)17-27/h5-24H. The van der Waals surface area contributed by atoms with Crippen LogP contribution in [-0.4, -0.2) is 0 Å². The van der Waals surface area contributed by atoms with Crippen LogP contribution in [-0.2, 0) is 12.4 Å². The largest absolute Gasteiger partial charge is 0.416 e. The van der Waals surface area contributed by atoms with Gasteiger partial charge in [0.05, 0.1) is 11.1 Å². The highest BCUT2D eigenvalue weighted by molar-refractivity contribution is 6.08. The lowest BCUT2D eigenvalue weighted by Crippen LogP contribution is -2.04. The van der Waals surface area contributed by atoms with Crippen molar-refractivity contribution in [2.75, 3.05) is 0 Å². The number of halogens is 6. The molecule has 0 heterocycles. The van der Waals surface area contributed by atoms with E-state index >= 15 is 0 Å². The minimum absolute atomic E-state index is 0.503. The molecule has 0 aliphatic heterocycles. The summed E-state index contributed by atoms with van der Waals surface area (Å²) in [6, 6.07) is 34.1. The Labute approximate surface area is 259 Å². The first-order chi connectivity index (χ1) is 22.0. The van der Waals surface area contributed by atoms with Gasteiger partial charge in [0.15, 0.2) is 0 Å². The quantitative estimate of drug-likeness (QED) is 0.0906. The average molecular weight is 615 g/mol. The molecule has 7 aromatic carbocycles. The molecule has 0 nitrogen and oxygen atoms in total. The second-order valence-corrected chi connectivity index (χ2v) is 11.0. The van der Waals surface area contributed by atoms with Gasteiger partial charge in [0.2, 0.25) is 0 Å². The van der Waals surface area contributed by atoms with Crippen molar-refractivity contribution in [1.29, 1.82) is 0 Å². The molecule has 0 radical (unpaired) electrons. The Morgan fingerprint density at radius 1 is 0.283 bits per heavy atom. The second kappa shape index (κ2) is 11.0. The molecule has 0 amide bonds. The third-order valence-corrected chi connectivity index (χ3v) is 7.83. The highest BCUT2D eigenvalue weighted by Gasteiger charge is 2.30. The summed E-state index contributed by atoms with van der Waals surface area (Å²) in [5.74, 6) is 12.0. The fourth-order valence-electron chi connectivity index (χ4n) is 5.43. The highest BCUT2D eigenvalue weighted by Crippen LogP contribution is 2.32. The van der Waals surface area contributed by atoms with Crippen LogP contribution in [0.15, 0.2) is 121 Å². The molecular formula is C40H20F6. The van der Waals surface area contributed by atoms with Crippen LogP contribution in [0.25, 0.3) is 43.1 Å². The van der Waals surface area contributed by atoms with Gasteiger partial charge in [0.25, 0.3) is 0 Å². The summed E-state index contributed by atoms with van der Waals surface area (Å²) >= 11 is 0. The molecule has 6 heteroatoms. The monoisotopic (exact) mass is 614 g/mol. The highest BCUT2D eigenvalue weighted by atomic mass is 19.4. The van der Waals surface area contributed by atoms with E-state index in [4.69, 9.17) is 0 Å². The normalized spacial score (nSPS) is 11.8. The molecule has 0 saturated heterocycles. The maximum Gasteiger partial charge on any atom is 0.416 e. The lowest BCUT2D eigenvalue weighted by atomic mass is 9.96. The lowest BCUT2D eigenvalue weighted by Gasteiger charge is -2.08. The molecule has 0 unspecified atom stereocenters. The third-order valence-electron chi connectivity index (χ3n) is 7.83. The predicted molar refractivity (Wildman–Crippen MR) is 171 cm³/mol. The van der Waals surface area contributed by atoms with Gasteiger partial charge in [-0.1, -0.05) is 35.8 Å². The van der Waals surface area contributed by atoms with Crippen LogP contribution in [0, 0.1) is 23.7 Å². The fourth-order valence-corrected chi connectivity index (χ4v) is 5.43. The molecule has 0 aromatic heterocycles. The van der Waals surface area contributed by atoms with Crippen molar-refractivity contribution in [1.82, 2.24) is 0 Å². The van der Waals surface area contributed by atoms with Crippen LogP contribution >= 0.6 is 0 Å². The van der Waals surface area contributed by atoms with E-state index in [9.17, 15) is 26.3 Å². The van der Waals surface area contributed by atoms with Crippen molar-refractivity contribution in [2.24, 2.45) is 0 Å². The van der Waals surface area contributed by atoms with E-state index in [1.165, 1.54) is 24.3 Å². The summed E-state index contributed by atoms with van der Waals surface area (Å²) in [4.78, 5) is 0. The van der Waals surface area contributed by atoms with Gasteiger partial charge in [-0.3, -0.25) is 0 Å². The van der Waals surface area contributed by atoms with E-state index < -0.39 is 23.5 Å². The van der Waals surface area contributed by atoms with Crippen LogP contribution in [0.1, 0.15) is 33.4 Å². The molecule has 0 fully saturated rings. The van der Waals surface area contributed by atoms with Crippen molar-refractivity contribution in [3.8, 4) is 23.7 Å². The number of fused-ring (bicyclic) bond motifs is 4. The van der Waals surface area contributed by atoms with Gasteiger partial charge in [-0.25, -0.2) is 0 Å². The molecule has 0 aliphatic carbocycles. The number of benzene rings is 7. The van der Waals surface area contributed by atoms with Crippen molar-refractivity contribution in [3.05, 3.63) is 155 Å². The first-order valence-corrected chi connectivity index (χ1v) is 14.2. The molecule has 0 atom stereocenters. The molecule has 0 saturated carbocycles. The Hall–Kier alpha value is -5.72. The molecule has 222 valence electrons. The van der Waals surface area contributed by atoms with E-state index in [1.54, 1.807) is 0 Å². The van der Waals surface area contributed by atoms with E-state index in [2.05, 4.69) is 60.1 Å². The van der Waals surface area contributed by atoms with Gasteiger partial charge in [-0.15, -0.1) is 0 Å². The molecule has 7 aromatic rings. The Bertz CT molecular complexity index is 2250. The van der Waals surface area contributed by atoms with Crippen molar-refractivity contribution >= 4 is 43.1 Å². The summed E-state index contributed by atoms with van der Waals surface area (Å²) in [7, 11) is 0. The maximum absolute atomic E-state index is 12.8. The Kier molecular flexibility index (Phi) is 6.95. The second-order valence-electron chi connectivity index (χ2n) is 11.0. The first-order valence-electron chi connectivity index (χ1n) is 14.2. The van der Waals surface area contributed by atoms with Crippen LogP contribution in [0.5, 0.6) is 0 Å². The topological polar surface area (TPSA) is 0 Å². The average Bonchev–Trinajstić information content (AvgIpc) is 3.03. The number of hydrogen-bond donors (Lipinski definition) is 0. The Balaban J connectivity index is 1.18. The summed E-state index contributed by atoms with van der Waals surface area (Å²) in [6.07, 6.45) is -8.76. The smallest absolute Gasteiger partial charge is 0.166 e. The summed E-state index contributed by atoms with van der Waals surface area (Å²) < 4.78 is 77.1. The van der Waals surface area contributed by atoms with Gasteiger partial charge < -0.3 is 0 Å². The number of alkyl halides is 6. The zero-order valence-corrected chi connectivity index (χ0v) is 23.8. The predicted octanol–water partition coefficient (Wildman–Crippen LogP) is 11.1. The van der Waals surface area contributed by atoms with E-state index in [1.807, 2.05) is 36.4 Å². The zero-order chi connectivity index (χ0) is 32.1. The Morgan fingerprint density at radius 2 is 0.543 bits per heavy atom. The summed E-state index contributed by atoms with van der Waals surface area (Å²) in [5.41, 5.74) is 1.12. The van der Waals surface area contributed by atoms with E-state index in [0.717, 1.165) is 78.5 Å². The lowest BCUT2D eigenvalue weighted by molar-refractivity contribution is -0.138. The van der Waals surface area contributed by atoms with Gasteiger partial charge >= 0.3 is 12.4 Å². The van der Waals surface area contributed by atoms with Crippen LogP contribution in [0.4, 0.5) is 26.3 Å². The van der Waals surface area contributed by atoms with E-state index in [-0.39, 0.29) is 0 Å². The minimum atomic E-state index is -4.38. The molecular weight excluding hydrogens is 594 g/mol. The van der Waals surface area contributed by atoms with Crippen molar-refractivity contribution < 1.29 is 26.3 Å². The Morgan fingerprint density at radius 3 is 0.870 bits per heavy atom. The molecule has 0 bridgehead atoms. The molecule has 0 aliphatic rings. The molecule has 7 rings (SSSR count). The summed E-state index contributed by atoms with van der Waals surface area (Å²) in [6.45, 7) is 0. The van der Waals surface area contributed by atoms with Gasteiger partial charge in [-0.2, -0.15) is 26.3 Å². The van der Waals surface area contributed by atoms with Crippen molar-refractivity contribution in [3.63, 3.8) is 0 Å². The van der Waals surface area contributed by atoms with Crippen LogP contribution < -0.4 is 0 Å². The fraction of sp³-hybridized carbons (Fsp3) is 0.0500. The van der Waals surface area contributed by atoms with Gasteiger partial charge in [-0.05, 0) is 152 Å². The minimum Gasteiger partial charge on any atom is -0.166 e. The van der Waals surface area contributed by atoms with Crippen LogP contribution in [0.3, 0.4) is 0 Å². The number of rotatable bonds is 0. The SMILES string of the molecule is FC(F)(F)c1ccc(C#Cc2ccc3cc4cc5cc6cc(C#Cc7ccc(C(F)(F)F)cc7)ccc6cc5cc4cc3c2)cc1. The third kappa shape index (κ3) is 5.99. The summed E-state index contributed by atoms with van der Waals surface area (Å²) in [5, 5.41) is 8.34. The van der Waals surface area contributed by atoms with Gasteiger partial charge in [0, 0.05) is 22.3 Å². The first kappa shape index (κ1) is 29.0.